The summed E-state index contributed by atoms with van der Waals surface area (Å²) < 4.78 is 4.92. The minimum absolute atomic E-state index is 0.0867. The Morgan fingerprint density at radius 2 is 2.07 bits per heavy atom. The lowest BCUT2D eigenvalue weighted by molar-refractivity contribution is 0.179. The van der Waals surface area contributed by atoms with Gasteiger partial charge in [0.05, 0.1) is 6.04 Å². The summed E-state index contributed by atoms with van der Waals surface area (Å²) in [4.78, 5) is 13.0. The van der Waals surface area contributed by atoms with Crippen molar-refractivity contribution in [1.82, 2.24) is 0 Å². The van der Waals surface area contributed by atoms with E-state index in [4.69, 9.17) is 16.3 Å². The fourth-order valence-electron chi connectivity index (χ4n) is 1.48. The van der Waals surface area contributed by atoms with Crippen LogP contribution in [0, 0.1) is 0 Å². The second-order valence-electron chi connectivity index (χ2n) is 3.27. The number of rotatable bonds is 1. The van der Waals surface area contributed by atoms with Crippen molar-refractivity contribution >= 4 is 23.4 Å². The van der Waals surface area contributed by atoms with Gasteiger partial charge in [-0.25, -0.2) is 4.79 Å². The molecule has 1 heterocycles. The van der Waals surface area contributed by atoms with Gasteiger partial charge in [-0.05, 0) is 31.2 Å². The van der Waals surface area contributed by atoms with Crippen LogP contribution in [-0.4, -0.2) is 18.7 Å². The molecule has 14 heavy (non-hydrogen) atoms. The molecule has 1 amide bonds. The van der Waals surface area contributed by atoms with Gasteiger partial charge in [-0.15, -0.1) is 0 Å². The fraction of sp³-hybridized carbons (Fsp3) is 0.300. The number of amides is 1. The van der Waals surface area contributed by atoms with Crippen LogP contribution in [0.15, 0.2) is 24.3 Å². The Balaban J connectivity index is 2.30. The van der Waals surface area contributed by atoms with E-state index in [1.165, 1.54) is 0 Å². The lowest BCUT2D eigenvalue weighted by atomic mass is 10.2. The predicted octanol–water partition coefficient (Wildman–Crippen LogP) is 2.69. The molecule has 0 aliphatic carbocycles. The molecule has 1 atom stereocenters. The molecule has 1 aromatic rings. The van der Waals surface area contributed by atoms with E-state index < -0.39 is 0 Å². The average Bonchev–Trinajstić information content (AvgIpc) is 2.49. The van der Waals surface area contributed by atoms with Gasteiger partial charge >= 0.3 is 6.09 Å². The summed E-state index contributed by atoms with van der Waals surface area (Å²) in [6, 6.07) is 7.23. The first-order valence-corrected chi connectivity index (χ1v) is 4.78. The molecule has 1 unspecified atom stereocenters. The first-order valence-electron chi connectivity index (χ1n) is 4.40. The Labute approximate surface area is 87.2 Å². The van der Waals surface area contributed by atoms with E-state index in [0.717, 1.165) is 5.69 Å². The molecule has 0 spiro atoms. The van der Waals surface area contributed by atoms with Gasteiger partial charge in [-0.3, -0.25) is 4.90 Å². The molecule has 0 radical (unpaired) electrons. The molecule has 0 N–H and O–H groups in total. The number of hydrogen-bond donors (Lipinski definition) is 0. The maximum absolute atomic E-state index is 11.3. The van der Waals surface area contributed by atoms with Gasteiger partial charge in [0, 0.05) is 10.7 Å². The number of carbonyl (C=O) groups excluding carboxylic acids is 1. The highest BCUT2D eigenvalue weighted by atomic mass is 35.5. The maximum Gasteiger partial charge on any atom is 0.414 e. The van der Waals surface area contributed by atoms with Gasteiger partial charge in [0.1, 0.15) is 6.61 Å². The van der Waals surface area contributed by atoms with Crippen LogP contribution in [0.1, 0.15) is 6.92 Å². The van der Waals surface area contributed by atoms with E-state index in [1.54, 1.807) is 17.0 Å². The Bertz CT molecular complexity index is 350. The topological polar surface area (TPSA) is 29.5 Å². The Kier molecular flexibility index (Phi) is 2.33. The van der Waals surface area contributed by atoms with E-state index in [0.29, 0.717) is 11.6 Å². The zero-order chi connectivity index (χ0) is 10.1. The number of nitrogens with zero attached hydrogens (tertiary/aromatic N) is 1. The van der Waals surface area contributed by atoms with Gasteiger partial charge in [0.15, 0.2) is 0 Å². The van der Waals surface area contributed by atoms with Gasteiger partial charge in [-0.1, -0.05) is 11.6 Å². The van der Waals surface area contributed by atoms with Gasteiger partial charge in [0.25, 0.3) is 0 Å². The van der Waals surface area contributed by atoms with E-state index in [-0.39, 0.29) is 12.1 Å². The fourth-order valence-corrected chi connectivity index (χ4v) is 1.60. The normalized spacial score (nSPS) is 21.1. The number of halogens is 1. The van der Waals surface area contributed by atoms with Crippen molar-refractivity contribution in [3.63, 3.8) is 0 Å². The van der Waals surface area contributed by atoms with Crippen LogP contribution >= 0.6 is 11.6 Å². The first-order chi connectivity index (χ1) is 6.68. The standard InChI is InChI=1S/C10H10ClNO2/c1-7-6-14-10(13)12(7)9-4-2-8(11)3-5-9/h2-5,7H,6H2,1H3. The van der Waals surface area contributed by atoms with Crippen LogP contribution in [0.2, 0.25) is 5.02 Å². The smallest absolute Gasteiger partial charge is 0.414 e. The summed E-state index contributed by atoms with van der Waals surface area (Å²) in [5, 5.41) is 0.661. The summed E-state index contributed by atoms with van der Waals surface area (Å²) in [7, 11) is 0. The molecule has 0 saturated carbocycles. The molecule has 1 fully saturated rings. The Hall–Kier alpha value is -1.22. The van der Waals surface area contributed by atoms with Crippen molar-refractivity contribution in [1.29, 1.82) is 0 Å². The third kappa shape index (κ3) is 1.55. The van der Waals surface area contributed by atoms with E-state index >= 15 is 0 Å². The molecule has 0 bridgehead atoms. The van der Waals surface area contributed by atoms with Crippen LogP contribution < -0.4 is 4.90 Å². The predicted molar refractivity (Wildman–Crippen MR) is 54.7 cm³/mol. The molecule has 74 valence electrons. The van der Waals surface area contributed by atoms with E-state index in [9.17, 15) is 4.79 Å². The molecule has 3 nitrogen and oxygen atoms in total. The van der Waals surface area contributed by atoms with Crippen molar-refractivity contribution in [3.05, 3.63) is 29.3 Å². The number of anilines is 1. The lowest BCUT2D eigenvalue weighted by Crippen LogP contribution is -2.30. The molecule has 4 heteroatoms. The average molecular weight is 212 g/mol. The van der Waals surface area contributed by atoms with E-state index in [1.807, 2.05) is 19.1 Å². The highest BCUT2D eigenvalue weighted by Crippen LogP contribution is 2.24. The summed E-state index contributed by atoms with van der Waals surface area (Å²) in [5.41, 5.74) is 0.824. The highest BCUT2D eigenvalue weighted by Gasteiger charge is 2.30. The van der Waals surface area contributed by atoms with Crippen molar-refractivity contribution in [2.75, 3.05) is 11.5 Å². The van der Waals surface area contributed by atoms with Crippen molar-refractivity contribution in [2.45, 2.75) is 13.0 Å². The van der Waals surface area contributed by atoms with Crippen LogP contribution in [0.5, 0.6) is 0 Å². The zero-order valence-electron chi connectivity index (χ0n) is 7.74. The molecule has 1 aliphatic rings. The quantitative estimate of drug-likeness (QED) is 0.715. The zero-order valence-corrected chi connectivity index (χ0v) is 8.49. The second kappa shape index (κ2) is 3.50. The number of ether oxygens (including phenoxy) is 1. The van der Waals surface area contributed by atoms with Crippen LogP contribution in [0.4, 0.5) is 10.5 Å². The third-order valence-electron chi connectivity index (χ3n) is 2.19. The summed E-state index contributed by atoms with van der Waals surface area (Å²) in [6.45, 7) is 2.39. The van der Waals surface area contributed by atoms with Crippen molar-refractivity contribution in [3.8, 4) is 0 Å². The van der Waals surface area contributed by atoms with Crippen LogP contribution in [0.3, 0.4) is 0 Å². The maximum atomic E-state index is 11.3. The second-order valence-corrected chi connectivity index (χ2v) is 3.71. The van der Waals surface area contributed by atoms with Crippen LogP contribution in [-0.2, 0) is 4.74 Å². The van der Waals surface area contributed by atoms with Crippen molar-refractivity contribution in [2.24, 2.45) is 0 Å². The third-order valence-corrected chi connectivity index (χ3v) is 2.44. The molecule has 2 rings (SSSR count). The molecule has 1 saturated heterocycles. The van der Waals surface area contributed by atoms with E-state index in [2.05, 4.69) is 0 Å². The number of cyclic esters (lactones) is 1. The number of carbonyl (C=O) groups is 1. The highest BCUT2D eigenvalue weighted by molar-refractivity contribution is 6.30. The first kappa shape index (κ1) is 9.34. The minimum Gasteiger partial charge on any atom is -0.447 e. The lowest BCUT2D eigenvalue weighted by Gasteiger charge is -2.17. The van der Waals surface area contributed by atoms with Gasteiger partial charge in [-0.2, -0.15) is 0 Å². The van der Waals surface area contributed by atoms with Gasteiger partial charge < -0.3 is 4.74 Å². The SMILES string of the molecule is CC1COC(=O)N1c1ccc(Cl)cc1. The molecular formula is C10H10ClNO2. The summed E-state index contributed by atoms with van der Waals surface area (Å²) >= 11 is 5.76. The summed E-state index contributed by atoms with van der Waals surface area (Å²) in [6.07, 6.45) is -0.292. The number of hydrogen-bond acceptors (Lipinski definition) is 2. The molecule has 1 aromatic carbocycles. The minimum atomic E-state index is -0.292. The summed E-state index contributed by atoms with van der Waals surface area (Å²) in [5.74, 6) is 0. The van der Waals surface area contributed by atoms with Gasteiger partial charge in [0.2, 0.25) is 0 Å². The largest absolute Gasteiger partial charge is 0.447 e. The molecular weight excluding hydrogens is 202 g/mol. The van der Waals surface area contributed by atoms with Crippen molar-refractivity contribution < 1.29 is 9.53 Å². The molecule has 0 aromatic heterocycles. The monoisotopic (exact) mass is 211 g/mol. The Morgan fingerprint density at radius 1 is 1.43 bits per heavy atom. The Morgan fingerprint density at radius 3 is 2.57 bits per heavy atom. The number of benzene rings is 1. The molecule has 1 aliphatic heterocycles. The van der Waals surface area contributed by atoms with Crippen LogP contribution in [0.25, 0.3) is 0 Å².